The maximum Gasteiger partial charge on any atom is 0.125 e. The van der Waals surface area contributed by atoms with Gasteiger partial charge in [-0.25, -0.2) is 0 Å². The average Bonchev–Trinajstić information content (AvgIpc) is 2.82. The number of oxime groups is 1. The summed E-state index contributed by atoms with van der Waals surface area (Å²) >= 11 is 0. The van der Waals surface area contributed by atoms with Crippen LogP contribution in [0.5, 0.6) is 17.2 Å². The molecule has 0 radical (unpaired) electrons. The van der Waals surface area contributed by atoms with Gasteiger partial charge in [-0.2, -0.15) is 0 Å². The number of benzene rings is 2. The summed E-state index contributed by atoms with van der Waals surface area (Å²) in [6.07, 6.45) is 9.21. The molecule has 0 N–H and O–H groups in total. The Labute approximate surface area is 198 Å². The topological polar surface area (TPSA) is 49.3 Å². The summed E-state index contributed by atoms with van der Waals surface area (Å²) in [5.41, 5.74) is 4.23. The van der Waals surface area contributed by atoms with Crippen LogP contribution in [-0.2, 0) is 4.84 Å². The maximum absolute atomic E-state index is 6.42. The first kappa shape index (κ1) is 24.7. The van der Waals surface area contributed by atoms with Gasteiger partial charge in [0.1, 0.15) is 31.0 Å². The van der Waals surface area contributed by atoms with Crippen LogP contribution in [-0.4, -0.2) is 31.6 Å². The number of nitrogens with zero attached hydrogens (tertiary/aromatic N) is 1. The molecule has 33 heavy (non-hydrogen) atoms. The summed E-state index contributed by atoms with van der Waals surface area (Å²) < 4.78 is 18.5. The smallest absolute Gasteiger partial charge is 0.125 e. The molecular formula is C28H37NO4. The lowest BCUT2D eigenvalue weighted by molar-refractivity contribution is 0.0798. The SMILES string of the molecule is C/C=C/COc1cc(C)c(OC2CCC(Oc3ccc(C(CC)=NOC)cc3)CC2)c(C)c1. The Morgan fingerprint density at radius 2 is 1.55 bits per heavy atom. The van der Waals surface area contributed by atoms with Gasteiger partial charge in [-0.15, -0.1) is 0 Å². The van der Waals surface area contributed by atoms with E-state index in [0.29, 0.717) is 6.61 Å². The molecule has 5 heteroatoms. The van der Waals surface area contributed by atoms with Gasteiger partial charge in [-0.3, -0.25) is 0 Å². The zero-order valence-electron chi connectivity index (χ0n) is 20.6. The van der Waals surface area contributed by atoms with Gasteiger partial charge in [0.25, 0.3) is 0 Å². The van der Waals surface area contributed by atoms with Crippen LogP contribution in [0.4, 0.5) is 0 Å². The fraction of sp³-hybridized carbons (Fsp3) is 0.464. The zero-order chi connectivity index (χ0) is 23.6. The van der Waals surface area contributed by atoms with E-state index in [1.54, 1.807) is 7.11 Å². The lowest BCUT2D eigenvalue weighted by atomic mass is 9.94. The molecule has 0 atom stereocenters. The van der Waals surface area contributed by atoms with Gasteiger partial charge in [0.15, 0.2) is 0 Å². The van der Waals surface area contributed by atoms with E-state index in [1.165, 1.54) is 0 Å². The first-order valence-corrected chi connectivity index (χ1v) is 11.9. The number of allylic oxidation sites excluding steroid dienone is 1. The lowest BCUT2D eigenvalue weighted by Crippen LogP contribution is -2.30. The highest BCUT2D eigenvalue weighted by Gasteiger charge is 2.25. The van der Waals surface area contributed by atoms with Gasteiger partial charge in [0.2, 0.25) is 0 Å². The van der Waals surface area contributed by atoms with E-state index in [1.807, 2.05) is 43.3 Å². The average molecular weight is 452 g/mol. The summed E-state index contributed by atoms with van der Waals surface area (Å²) in [4.78, 5) is 4.93. The molecule has 1 aliphatic rings. The molecule has 178 valence electrons. The second-order valence-corrected chi connectivity index (χ2v) is 8.50. The van der Waals surface area contributed by atoms with E-state index >= 15 is 0 Å². The van der Waals surface area contributed by atoms with E-state index in [0.717, 1.165) is 71.8 Å². The largest absolute Gasteiger partial charge is 0.490 e. The third-order valence-electron chi connectivity index (χ3n) is 5.95. The Bertz CT molecular complexity index is 918. The van der Waals surface area contributed by atoms with E-state index in [4.69, 9.17) is 19.0 Å². The molecule has 1 fully saturated rings. The van der Waals surface area contributed by atoms with Gasteiger partial charge in [-0.1, -0.05) is 24.2 Å². The Morgan fingerprint density at radius 1 is 0.939 bits per heavy atom. The molecule has 1 saturated carbocycles. The number of aryl methyl sites for hydroxylation is 2. The zero-order valence-corrected chi connectivity index (χ0v) is 20.6. The molecule has 0 aromatic heterocycles. The summed E-state index contributed by atoms with van der Waals surface area (Å²) in [6.45, 7) is 8.82. The summed E-state index contributed by atoms with van der Waals surface area (Å²) in [5.74, 6) is 2.77. The monoisotopic (exact) mass is 451 g/mol. The van der Waals surface area contributed by atoms with E-state index in [2.05, 4.69) is 38.1 Å². The first-order chi connectivity index (χ1) is 16.0. The molecule has 0 heterocycles. The van der Waals surface area contributed by atoms with Crippen LogP contribution in [0, 0.1) is 13.8 Å². The second-order valence-electron chi connectivity index (χ2n) is 8.50. The van der Waals surface area contributed by atoms with E-state index < -0.39 is 0 Å². The van der Waals surface area contributed by atoms with Crippen LogP contribution in [0.1, 0.15) is 62.6 Å². The molecule has 0 spiro atoms. The van der Waals surface area contributed by atoms with Gasteiger partial charge in [0, 0.05) is 0 Å². The predicted molar refractivity (Wildman–Crippen MR) is 134 cm³/mol. The van der Waals surface area contributed by atoms with E-state index in [9.17, 15) is 0 Å². The van der Waals surface area contributed by atoms with Crippen molar-refractivity contribution in [2.24, 2.45) is 5.16 Å². The molecule has 0 unspecified atom stereocenters. The van der Waals surface area contributed by atoms with Crippen molar-refractivity contribution >= 4 is 5.71 Å². The fourth-order valence-electron chi connectivity index (χ4n) is 4.20. The maximum atomic E-state index is 6.42. The van der Waals surface area contributed by atoms with Crippen molar-refractivity contribution in [1.29, 1.82) is 0 Å². The minimum absolute atomic E-state index is 0.219. The van der Waals surface area contributed by atoms with Gasteiger partial charge >= 0.3 is 0 Å². The van der Waals surface area contributed by atoms with Gasteiger partial charge in [0.05, 0.1) is 17.9 Å². The van der Waals surface area contributed by atoms with Crippen LogP contribution in [0.15, 0.2) is 53.7 Å². The van der Waals surface area contributed by atoms with Crippen LogP contribution >= 0.6 is 0 Å². The number of hydrogen-bond acceptors (Lipinski definition) is 5. The van der Waals surface area contributed by atoms with Crippen molar-refractivity contribution in [3.05, 3.63) is 65.2 Å². The van der Waals surface area contributed by atoms with Crippen LogP contribution in [0.2, 0.25) is 0 Å². The third kappa shape index (κ3) is 7.01. The van der Waals surface area contributed by atoms with Crippen molar-refractivity contribution in [2.45, 2.75) is 72.0 Å². The molecule has 0 aliphatic heterocycles. The highest BCUT2D eigenvalue weighted by molar-refractivity contribution is 6.00. The minimum atomic E-state index is 0.219. The Kier molecular flexibility index (Phi) is 9.23. The summed E-state index contributed by atoms with van der Waals surface area (Å²) in [7, 11) is 1.58. The minimum Gasteiger partial charge on any atom is -0.490 e. The molecule has 1 aliphatic carbocycles. The predicted octanol–water partition coefficient (Wildman–Crippen LogP) is 6.79. The highest BCUT2D eigenvalue weighted by atomic mass is 16.6. The summed E-state index contributed by atoms with van der Waals surface area (Å²) in [5, 5.41) is 4.09. The molecule has 0 saturated heterocycles. The van der Waals surface area contributed by atoms with Gasteiger partial charge < -0.3 is 19.0 Å². The van der Waals surface area contributed by atoms with Crippen LogP contribution < -0.4 is 14.2 Å². The van der Waals surface area contributed by atoms with Crippen molar-refractivity contribution in [3.8, 4) is 17.2 Å². The van der Waals surface area contributed by atoms with Crippen molar-refractivity contribution < 1.29 is 19.0 Å². The van der Waals surface area contributed by atoms with Crippen LogP contribution in [0.3, 0.4) is 0 Å². The van der Waals surface area contributed by atoms with Crippen molar-refractivity contribution in [2.75, 3.05) is 13.7 Å². The number of ether oxygens (including phenoxy) is 3. The quantitative estimate of drug-likeness (QED) is 0.227. The molecule has 3 rings (SSSR count). The highest BCUT2D eigenvalue weighted by Crippen LogP contribution is 2.33. The number of hydrogen-bond donors (Lipinski definition) is 0. The van der Waals surface area contributed by atoms with Crippen molar-refractivity contribution in [3.63, 3.8) is 0 Å². The first-order valence-electron chi connectivity index (χ1n) is 11.9. The number of rotatable bonds is 10. The molecule has 5 nitrogen and oxygen atoms in total. The molecule has 2 aromatic carbocycles. The Balaban J connectivity index is 1.51. The van der Waals surface area contributed by atoms with Crippen LogP contribution in [0.25, 0.3) is 0 Å². The molecule has 2 aromatic rings. The standard InChI is InChI=1S/C28H37NO4/c1-6-8-17-31-26-18-20(3)28(21(4)19-26)33-25-15-13-24(14-16-25)32-23-11-9-22(10-12-23)27(7-2)29-30-5/h6,8-12,18-19,24-25H,7,13-17H2,1-5H3/b8-6+,29-27?. The normalized spacial score (nSPS) is 18.9. The summed E-state index contributed by atoms with van der Waals surface area (Å²) in [6, 6.07) is 12.2. The fourth-order valence-corrected chi connectivity index (χ4v) is 4.20. The van der Waals surface area contributed by atoms with Gasteiger partial charge in [-0.05, 0) is 106 Å². The van der Waals surface area contributed by atoms with E-state index in [-0.39, 0.29) is 12.2 Å². The molecular weight excluding hydrogens is 414 g/mol. The molecule has 0 bridgehead atoms. The van der Waals surface area contributed by atoms with Crippen molar-refractivity contribution in [1.82, 2.24) is 0 Å². The lowest BCUT2D eigenvalue weighted by Gasteiger charge is -2.30. The molecule has 0 amide bonds. The third-order valence-corrected chi connectivity index (χ3v) is 5.95. The second kappa shape index (κ2) is 12.3. The Morgan fingerprint density at radius 3 is 2.09 bits per heavy atom. The Hall–Kier alpha value is -2.95.